The summed E-state index contributed by atoms with van der Waals surface area (Å²) in [5, 5.41) is 2.93. The van der Waals surface area contributed by atoms with Crippen LogP contribution < -0.4 is 10.1 Å². The van der Waals surface area contributed by atoms with Crippen LogP contribution in [0.2, 0.25) is 0 Å². The molecule has 5 heteroatoms. The van der Waals surface area contributed by atoms with Crippen LogP contribution in [0.4, 0.5) is 5.69 Å². The summed E-state index contributed by atoms with van der Waals surface area (Å²) in [6.45, 7) is 1.22. The number of hydrogen-bond donors (Lipinski definition) is 1. The van der Waals surface area contributed by atoms with Gasteiger partial charge in [-0.1, -0.05) is 30.3 Å². The van der Waals surface area contributed by atoms with E-state index in [-0.39, 0.29) is 5.91 Å². The molecule has 128 valence electrons. The zero-order valence-corrected chi connectivity index (χ0v) is 14.7. The molecule has 0 aromatic heterocycles. The van der Waals surface area contributed by atoms with Gasteiger partial charge in [-0.3, -0.25) is 4.79 Å². The van der Waals surface area contributed by atoms with Crippen molar-refractivity contribution in [3.8, 4) is 5.75 Å². The lowest BCUT2D eigenvalue weighted by Gasteiger charge is -2.12. The Hall–Kier alpha value is -1.98. The monoisotopic (exact) mass is 345 g/mol. The fourth-order valence-corrected chi connectivity index (χ4v) is 2.94. The Labute approximate surface area is 147 Å². The average Bonchev–Trinajstić information content (AvgIpc) is 2.61. The molecule has 0 saturated carbocycles. The number of carbonyl (C=O) groups is 1. The van der Waals surface area contributed by atoms with Crippen LogP contribution in [0.1, 0.15) is 12.8 Å². The van der Waals surface area contributed by atoms with Gasteiger partial charge in [0.1, 0.15) is 5.75 Å². The summed E-state index contributed by atoms with van der Waals surface area (Å²) >= 11 is 1.68. The maximum atomic E-state index is 12.1. The zero-order valence-electron chi connectivity index (χ0n) is 13.9. The van der Waals surface area contributed by atoms with Gasteiger partial charge in [-0.2, -0.15) is 0 Å². The van der Waals surface area contributed by atoms with Crippen LogP contribution in [0.25, 0.3) is 0 Å². The van der Waals surface area contributed by atoms with Crippen LogP contribution in [0.15, 0.2) is 59.5 Å². The number of anilines is 1. The molecule has 1 N–H and O–H groups in total. The van der Waals surface area contributed by atoms with Crippen LogP contribution >= 0.6 is 11.8 Å². The average molecular weight is 345 g/mol. The first kappa shape index (κ1) is 18.4. The van der Waals surface area contributed by atoms with Gasteiger partial charge >= 0.3 is 0 Å². The Bertz CT molecular complexity index is 619. The molecule has 24 heavy (non-hydrogen) atoms. The number of rotatable bonds is 10. The van der Waals surface area contributed by atoms with Crippen molar-refractivity contribution in [2.75, 3.05) is 31.4 Å². The molecule has 0 unspecified atom stereocenters. The fourth-order valence-electron chi connectivity index (χ4n) is 2.07. The van der Waals surface area contributed by atoms with Gasteiger partial charge in [-0.15, -0.1) is 11.8 Å². The third-order valence-corrected chi connectivity index (χ3v) is 4.27. The lowest BCUT2D eigenvalue weighted by atomic mass is 10.3. The molecule has 0 radical (unpaired) electrons. The molecule has 2 rings (SSSR count). The highest BCUT2D eigenvalue weighted by molar-refractivity contribution is 7.99. The Balaban J connectivity index is 1.78. The van der Waals surface area contributed by atoms with E-state index in [1.165, 1.54) is 4.90 Å². The lowest BCUT2D eigenvalue weighted by molar-refractivity contribution is -0.115. The van der Waals surface area contributed by atoms with Crippen molar-refractivity contribution >= 4 is 23.4 Å². The van der Waals surface area contributed by atoms with Crippen LogP contribution in [-0.4, -0.2) is 32.0 Å². The van der Waals surface area contributed by atoms with E-state index in [4.69, 9.17) is 9.47 Å². The van der Waals surface area contributed by atoms with E-state index in [2.05, 4.69) is 5.32 Å². The second-order valence-electron chi connectivity index (χ2n) is 5.15. The van der Waals surface area contributed by atoms with E-state index in [1.807, 2.05) is 54.6 Å². The third kappa shape index (κ3) is 6.64. The van der Waals surface area contributed by atoms with Crippen molar-refractivity contribution in [2.24, 2.45) is 0 Å². The summed E-state index contributed by atoms with van der Waals surface area (Å²) in [5.41, 5.74) is 0.713. The van der Waals surface area contributed by atoms with Crippen molar-refractivity contribution in [2.45, 2.75) is 17.7 Å². The summed E-state index contributed by atoms with van der Waals surface area (Å²) in [5.74, 6) is 1.43. The molecule has 0 bridgehead atoms. The SMILES string of the molecule is COCCCOc1ccccc1NC(=O)CCSc1ccccc1. The zero-order chi connectivity index (χ0) is 17.0. The van der Waals surface area contributed by atoms with E-state index in [0.717, 1.165) is 12.2 Å². The standard InChI is InChI=1S/C19H23NO3S/c1-22-13-7-14-23-18-11-6-5-10-17(18)20-19(21)12-15-24-16-8-3-2-4-9-16/h2-6,8-11H,7,12-15H2,1H3,(H,20,21). The van der Waals surface area contributed by atoms with Crippen molar-refractivity contribution < 1.29 is 14.3 Å². The topological polar surface area (TPSA) is 47.6 Å². The summed E-state index contributed by atoms with van der Waals surface area (Å²) in [6, 6.07) is 17.6. The normalized spacial score (nSPS) is 10.4. The molecule has 0 saturated heterocycles. The molecule has 0 aliphatic carbocycles. The number of amides is 1. The van der Waals surface area contributed by atoms with Gasteiger partial charge in [-0.05, 0) is 24.3 Å². The number of benzene rings is 2. The molecule has 0 aliphatic heterocycles. The Morgan fingerprint density at radius 1 is 1.04 bits per heavy atom. The summed E-state index contributed by atoms with van der Waals surface area (Å²) in [7, 11) is 1.67. The first-order valence-corrected chi connectivity index (χ1v) is 8.96. The number of hydrogen-bond acceptors (Lipinski definition) is 4. The number of thioether (sulfide) groups is 1. The third-order valence-electron chi connectivity index (χ3n) is 3.25. The highest BCUT2D eigenvalue weighted by Crippen LogP contribution is 2.24. The van der Waals surface area contributed by atoms with Crippen LogP contribution in [-0.2, 0) is 9.53 Å². The molecule has 0 atom stereocenters. The van der Waals surface area contributed by atoms with E-state index >= 15 is 0 Å². The number of ether oxygens (including phenoxy) is 2. The molecular formula is C19H23NO3S. The molecular weight excluding hydrogens is 322 g/mol. The lowest BCUT2D eigenvalue weighted by Crippen LogP contribution is -2.13. The number of para-hydroxylation sites is 2. The van der Waals surface area contributed by atoms with Gasteiger partial charge in [0.15, 0.2) is 0 Å². The smallest absolute Gasteiger partial charge is 0.225 e. The predicted octanol–water partition coefficient (Wildman–Crippen LogP) is 4.22. The van der Waals surface area contributed by atoms with E-state index in [1.54, 1.807) is 18.9 Å². The molecule has 4 nitrogen and oxygen atoms in total. The molecule has 0 fully saturated rings. The van der Waals surface area contributed by atoms with Gasteiger partial charge in [0.2, 0.25) is 5.91 Å². The van der Waals surface area contributed by atoms with Crippen LogP contribution in [0.5, 0.6) is 5.75 Å². The van der Waals surface area contributed by atoms with Gasteiger partial charge in [-0.25, -0.2) is 0 Å². The maximum absolute atomic E-state index is 12.1. The Morgan fingerprint density at radius 2 is 1.79 bits per heavy atom. The second kappa shape index (κ2) is 10.7. The van der Waals surface area contributed by atoms with Crippen molar-refractivity contribution in [3.05, 3.63) is 54.6 Å². The van der Waals surface area contributed by atoms with E-state index < -0.39 is 0 Å². The maximum Gasteiger partial charge on any atom is 0.225 e. The molecule has 0 aliphatic rings. The van der Waals surface area contributed by atoms with E-state index in [9.17, 15) is 4.79 Å². The van der Waals surface area contributed by atoms with Crippen molar-refractivity contribution in [1.82, 2.24) is 0 Å². The first-order chi connectivity index (χ1) is 11.8. The van der Waals surface area contributed by atoms with Crippen LogP contribution in [0.3, 0.4) is 0 Å². The predicted molar refractivity (Wildman–Crippen MR) is 98.8 cm³/mol. The highest BCUT2D eigenvalue weighted by atomic mass is 32.2. The fraction of sp³-hybridized carbons (Fsp3) is 0.316. The molecule has 0 spiro atoms. The molecule has 2 aromatic carbocycles. The summed E-state index contributed by atoms with van der Waals surface area (Å²) < 4.78 is 10.7. The first-order valence-electron chi connectivity index (χ1n) is 7.98. The summed E-state index contributed by atoms with van der Waals surface area (Å²) in [4.78, 5) is 13.3. The van der Waals surface area contributed by atoms with Crippen molar-refractivity contribution in [1.29, 1.82) is 0 Å². The second-order valence-corrected chi connectivity index (χ2v) is 6.32. The van der Waals surface area contributed by atoms with E-state index in [0.29, 0.717) is 31.1 Å². The Morgan fingerprint density at radius 3 is 2.58 bits per heavy atom. The number of methoxy groups -OCH3 is 1. The highest BCUT2D eigenvalue weighted by Gasteiger charge is 2.07. The summed E-state index contributed by atoms with van der Waals surface area (Å²) in [6.07, 6.45) is 1.27. The minimum atomic E-state index is -0.00799. The van der Waals surface area contributed by atoms with Gasteiger partial charge in [0, 0.05) is 37.2 Å². The van der Waals surface area contributed by atoms with Gasteiger partial charge < -0.3 is 14.8 Å². The van der Waals surface area contributed by atoms with Gasteiger partial charge in [0.25, 0.3) is 0 Å². The number of carbonyl (C=O) groups excluding carboxylic acids is 1. The minimum Gasteiger partial charge on any atom is -0.491 e. The quantitative estimate of drug-likeness (QED) is 0.517. The molecule has 2 aromatic rings. The number of nitrogens with one attached hydrogen (secondary N) is 1. The van der Waals surface area contributed by atoms with Crippen molar-refractivity contribution in [3.63, 3.8) is 0 Å². The Kier molecular flexibility index (Phi) is 8.21. The largest absolute Gasteiger partial charge is 0.491 e. The van der Waals surface area contributed by atoms with Gasteiger partial charge in [0.05, 0.1) is 12.3 Å². The molecule has 0 heterocycles. The van der Waals surface area contributed by atoms with Crippen LogP contribution in [0, 0.1) is 0 Å². The molecule has 1 amide bonds. The minimum absolute atomic E-state index is 0.00799.